The molecule has 0 aliphatic carbocycles. The monoisotopic (exact) mass is 456 g/mol. The van der Waals surface area contributed by atoms with Crippen LogP contribution in [0.5, 0.6) is 11.5 Å². The lowest BCUT2D eigenvalue weighted by Gasteiger charge is -2.52. The highest BCUT2D eigenvalue weighted by molar-refractivity contribution is 9.10. The number of rotatable bonds is 2. The first-order valence-electron chi connectivity index (χ1n) is 10.0. The van der Waals surface area contributed by atoms with Gasteiger partial charge < -0.3 is 14.2 Å². The van der Waals surface area contributed by atoms with Gasteiger partial charge in [-0.1, -0.05) is 40.2 Å². The zero-order valence-corrected chi connectivity index (χ0v) is 18.5. The van der Waals surface area contributed by atoms with Crippen LogP contribution in [0.2, 0.25) is 0 Å². The van der Waals surface area contributed by atoms with Gasteiger partial charge in [0.15, 0.2) is 11.5 Å². The van der Waals surface area contributed by atoms with Crippen molar-refractivity contribution in [3.8, 4) is 11.5 Å². The van der Waals surface area contributed by atoms with Gasteiger partial charge in [0.25, 0.3) is 0 Å². The summed E-state index contributed by atoms with van der Waals surface area (Å²) >= 11 is 3.52. The van der Waals surface area contributed by atoms with Gasteiger partial charge in [-0.2, -0.15) is 5.10 Å². The molecule has 1 spiro atoms. The van der Waals surface area contributed by atoms with Gasteiger partial charge in [0, 0.05) is 29.3 Å². The summed E-state index contributed by atoms with van der Waals surface area (Å²) in [5.41, 5.74) is 2.55. The number of hydrogen-bond donors (Lipinski definition) is 0. The number of halogens is 1. The molecule has 0 unspecified atom stereocenters. The molecule has 2 aromatic rings. The number of nitrogens with zero attached hydrogens (tertiary/aromatic N) is 2. The van der Waals surface area contributed by atoms with E-state index in [0.717, 1.165) is 52.1 Å². The summed E-state index contributed by atoms with van der Waals surface area (Å²) in [6.07, 6.45) is 2.35. The minimum Gasteiger partial charge on any atom is -0.493 e. The Balaban J connectivity index is 1.63. The molecule has 3 aliphatic heterocycles. The average Bonchev–Trinajstić information content (AvgIpc) is 3.14. The summed E-state index contributed by atoms with van der Waals surface area (Å²) in [5.74, 6) is 1.63. The minimum absolute atomic E-state index is 0.126. The van der Waals surface area contributed by atoms with Crippen LogP contribution >= 0.6 is 15.9 Å². The van der Waals surface area contributed by atoms with E-state index >= 15 is 0 Å². The largest absolute Gasteiger partial charge is 0.493 e. The van der Waals surface area contributed by atoms with Crippen molar-refractivity contribution in [1.82, 2.24) is 5.01 Å². The van der Waals surface area contributed by atoms with Crippen LogP contribution in [0.15, 0.2) is 52.0 Å². The van der Waals surface area contributed by atoms with Crippen LogP contribution in [0.25, 0.3) is 0 Å². The van der Waals surface area contributed by atoms with Crippen LogP contribution in [0.3, 0.4) is 0 Å². The summed E-state index contributed by atoms with van der Waals surface area (Å²) < 4.78 is 19.5. The molecule has 0 amide bonds. The lowest BCUT2D eigenvalue weighted by atomic mass is 9.86. The molecule has 6 heteroatoms. The number of fused-ring (bicyclic) bond motifs is 4. The van der Waals surface area contributed by atoms with Crippen LogP contribution in [0.4, 0.5) is 0 Å². The maximum Gasteiger partial charge on any atom is 0.203 e. The van der Waals surface area contributed by atoms with E-state index in [2.05, 4.69) is 65.1 Å². The molecule has 0 N–H and O–H groups in total. The second-order valence-corrected chi connectivity index (χ2v) is 9.50. The van der Waals surface area contributed by atoms with Crippen LogP contribution in [-0.2, 0) is 4.74 Å². The third-order valence-electron chi connectivity index (χ3n) is 6.07. The topological polar surface area (TPSA) is 43.3 Å². The van der Waals surface area contributed by atoms with Gasteiger partial charge in [0.2, 0.25) is 5.72 Å². The second kappa shape index (κ2) is 6.74. The van der Waals surface area contributed by atoms with Crippen LogP contribution in [0, 0.1) is 0 Å². The van der Waals surface area contributed by atoms with Crippen molar-refractivity contribution in [2.75, 3.05) is 13.7 Å². The number of methoxy groups -OCH3 is 1. The zero-order valence-electron chi connectivity index (χ0n) is 16.9. The lowest BCUT2D eigenvalue weighted by molar-refractivity contribution is -0.212. The van der Waals surface area contributed by atoms with E-state index in [1.807, 2.05) is 12.1 Å². The van der Waals surface area contributed by atoms with Gasteiger partial charge in [-0.15, -0.1) is 0 Å². The molecule has 152 valence electrons. The van der Waals surface area contributed by atoms with E-state index in [0.29, 0.717) is 6.61 Å². The van der Waals surface area contributed by atoms with Crippen molar-refractivity contribution >= 4 is 21.6 Å². The zero-order chi connectivity index (χ0) is 20.2. The van der Waals surface area contributed by atoms with Crippen LogP contribution < -0.4 is 9.47 Å². The molecule has 1 saturated heterocycles. The highest BCUT2D eigenvalue weighted by Gasteiger charge is 2.55. The van der Waals surface area contributed by atoms with Crippen molar-refractivity contribution in [2.24, 2.45) is 5.10 Å². The maximum atomic E-state index is 6.74. The average molecular weight is 457 g/mol. The Bertz CT molecular complexity index is 973. The standard InChI is InChI=1S/C23H25BrN2O3/c1-22(2)14-23(11-12-28-22)26-19(17-5-4-6-20(27-3)21(17)29-23)13-18(25-26)15-7-9-16(24)10-8-15/h4-10,19H,11-14H2,1-3H3/t19-,23-/m0/s1. The molecular formula is C23H25BrN2O3. The van der Waals surface area contributed by atoms with Crippen LogP contribution in [0.1, 0.15) is 50.3 Å². The first-order chi connectivity index (χ1) is 13.9. The van der Waals surface area contributed by atoms with Crippen molar-refractivity contribution in [3.05, 3.63) is 58.1 Å². The highest BCUT2D eigenvalue weighted by Crippen LogP contribution is 2.54. The Morgan fingerprint density at radius 2 is 1.97 bits per heavy atom. The quantitative estimate of drug-likeness (QED) is 0.615. The third-order valence-corrected chi connectivity index (χ3v) is 6.60. The fourth-order valence-corrected chi connectivity index (χ4v) is 5.09. The molecule has 0 aromatic heterocycles. The smallest absolute Gasteiger partial charge is 0.203 e. The first-order valence-corrected chi connectivity index (χ1v) is 10.8. The van der Waals surface area contributed by atoms with Gasteiger partial charge in [-0.05, 0) is 37.6 Å². The molecule has 0 radical (unpaired) electrons. The molecule has 5 rings (SSSR count). The summed E-state index contributed by atoms with van der Waals surface area (Å²) in [4.78, 5) is 0. The number of ether oxygens (including phenoxy) is 3. The molecule has 5 nitrogen and oxygen atoms in total. The SMILES string of the molecule is COc1cccc2c1O[C@]1(CCOC(C)(C)C1)N1N=C(c3ccc(Br)cc3)C[C@@H]21. The normalized spacial score (nSPS) is 27.1. The van der Waals surface area contributed by atoms with Crippen molar-refractivity contribution in [1.29, 1.82) is 0 Å². The Morgan fingerprint density at radius 3 is 2.69 bits per heavy atom. The number of para-hydroxylation sites is 1. The first kappa shape index (κ1) is 18.9. The maximum absolute atomic E-state index is 6.74. The van der Waals surface area contributed by atoms with Gasteiger partial charge >= 0.3 is 0 Å². The fourth-order valence-electron chi connectivity index (χ4n) is 4.82. The van der Waals surface area contributed by atoms with Gasteiger partial charge in [0.05, 0.1) is 31.1 Å². The minimum atomic E-state index is -0.537. The molecule has 2 atom stereocenters. The summed E-state index contributed by atoms with van der Waals surface area (Å²) in [5, 5.41) is 7.32. The fraction of sp³-hybridized carbons (Fsp3) is 0.435. The summed E-state index contributed by atoms with van der Waals surface area (Å²) in [7, 11) is 1.70. The van der Waals surface area contributed by atoms with E-state index in [9.17, 15) is 0 Å². The van der Waals surface area contributed by atoms with Gasteiger partial charge in [-0.25, -0.2) is 5.01 Å². The number of benzene rings is 2. The molecule has 29 heavy (non-hydrogen) atoms. The van der Waals surface area contributed by atoms with E-state index in [4.69, 9.17) is 19.3 Å². The van der Waals surface area contributed by atoms with Crippen molar-refractivity contribution in [3.63, 3.8) is 0 Å². The molecule has 3 aliphatic rings. The molecule has 0 bridgehead atoms. The molecule has 1 fully saturated rings. The predicted molar refractivity (Wildman–Crippen MR) is 115 cm³/mol. The predicted octanol–water partition coefficient (Wildman–Crippen LogP) is 5.29. The number of hydrogen-bond acceptors (Lipinski definition) is 5. The molecule has 0 saturated carbocycles. The third kappa shape index (κ3) is 3.13. The summed E-state index contributed by atoms with van der Waals surface area (Å²) in [6, 6.07) is 14.6. The van der Waals surface area contributed by atoms with Crippen LogP contribution in [-0.4, -0.2) is 35.8 Å². The van der Waals surface area contributed by atoms with Crippen molar-refractivity contribution in [2.45, 2.75) is 50.5 Å². The van der Waals surface area contributed by atoms with E-state index in [-0.39, 0.29) is 11.6 Å². The Morgan fingerprint density at radius 1 is 1.17 bits per heavy atom. The van der Waals surface area contributed by atoms with E-state index in [1.54, 1.807) is 7.11 Å². The molecule has 3 heterocycles. The van der Waals surface area contributed by atoms with Crippen molar-refractivity contribution < 1.29 is 14.2 Å². The van der Waals surface area contributed by atoms with Gasteiger partial charge in [0.1, 0.15) is 0 Å². The highest BCUT2D eigenvalue weighted by atomic mass is 79.9. The Kier molecular flexibility index (Phi) is 4.40. The lowest BCUT2D eigenvalue weighted by Crippen LogP contribution is -2.60. The summed E-state index contributed by atoms with van der Waals surface area (Å²) in [6.45, 7) is 4.89. The molecule has 2 aromatic carbocycles. The van der Waals surface area contributed by atoms with E-state index < -0.39 is 5.72 Å². The molecular weight excluding hydrogens is 432 g/mol. The second-order valence-electron chi connectivity index (χ2n) is 8.58. The van der Waals surface area contributed by atoms with Gasteiger partial charge in [-0.3, -0.25) is 0 Å². The van der Waals surface area contributed by atoms with E-state index in [1.165, 1.54) is 0 Å². The Labute approximate surface area is 179 Å². The number of hydrazone groups is 1. The Hall–Kier alpha value is -2.05.